The summed E-state index contributed by atoms with van der Waals surface area (Å²) in [5, 5.41) is 2.87. The van der Waals surface area contributed by atoms with Gasteiger partial charge in [-0.15, -0.1) is 0 Å². The van der Waals surface area contributed by atoms with E-state index in [4.69, 9.17) is 4.74 Å². The van der Waals surface area contributed by atoms with E-state index in [0.717, 1.165) is 21.3 Å². The van der Waals surface area contributed by atoms with Crippen molar-refractivity contribution in [1.82, 2.24) is 0 Å². The maximum absolute atomic E-state index is 13.6. The van der Waals surface area contributed by atoms with E-state index in [2.05, 4.69) is 21.2 Å². The highest BCUT2D eigenvalue weighted by atomic mass is 79.9. The van der Waals surface area contributed by atoms with Gasteiger partial charge in [0.15, 0.2) is 11.6 Å². The monoisotopic (exact) mass is 365 g/mol. The molecular weight excluding hydrogens is 349 g/mol. The number of hydrogen-bond donors (Lipinski definition) is 1. The molecule has 22 heavy (non-hydrogen) atoms. The molecule has 0 radical (unpaired) electrons. The zero-order chi connectivity index (χ0) is 16.1. The highest BCUT2D eigenvalue weighted by molar-refractivity contribution is 9.10. The van der Waals surface area contributed by atoms with Gasteiger partial charge >= 0.3 is 0 Å². The Morgan fingerprint density at radius 1 is 1.27 bits per heavy atom. The van der Waals surface area contributed by atoms with Gasteiger partial charge in [0, 0.05) is 16.6 Å². The van der Waals surface area contributed by atoms with E-state index >= 15 is 0 Å². The molecule has 5 heteroatoms. The summed E-state index contributed by atoms with van der Waals surface area (Å²) in [6.45, 7) is 1.93. The molecule has 0 aliphatic rings. The first-order valence-corrected chi connectivity index (χ1v) is 7.67. The van der Waals surface area contributed by atoms with E-state index in [1.165, 1.54) is 13.2 Å². The number of methoxy groups -OCH3 is 1. The molecule has 0 unspecified atom stereocenters. The summed E-state index contributed by atoms with van der Waals surface area (Å²) in [7, 11) is 1.42. The number of halogens is 2. The molecule has 0 aliphatic heterocycles. The Kier molecular flexibility index (Phi) is 5.55. The van der Waals surface area contributed by atoms with E-state index in [-0.39, 0.29) is 18.1 Å². The lowest BCUT2D eigenvalue weighted by Crippen LogP contribution is -2.13. The van der Waals surface area contributed by atoms with Crippen LogP contribution in [-0.2, 0) is 11.2 Å². The minimum atomic E-state index is -0.414. The summed E-state index contributed by atoms with van der Waals surface area (Å²) < 4.78 is 19.4. The van der Waals surface area contributed by atoms with E-state index < -0.39 is 5.82 Å². The van der Waals surface area contributed by atoms with Crippen LogP contribution in [0.15, 0.2) is 40.9 Å². The van der Waals surface area contributed by atoms with Crippen LogP contribution in [0.4, 0.5) is 10.1 Å². The van der Waals surface area contributed by atoms with Crippen LogP contribution in [0.3, 0.4) is 0 Å². The van der Waals surface area contributed by atoms with Crippen LogP contribution < -0.4 is 10.1 Å². The SMILES string of the molecule is COc1ccc(CCC(=O)Nc2cc(Br)ccc2C)cc1F. The van der Waals surface area contributed by atoms with Crippen molar-refractivity contribution in [3.63, 3.8) is 0 Å². The van der Waals surface area contributed by atoms with Crippen molar-refractivity contribution in [3.8, 4) is 5.75 Å². The summed E-state index contributed by atoms with van der Waals surface area (Å²) in [6.07, 6.45) is 0.761. The summed E-state index contributed by atoms with van der Waals surface area (Å²) in [6, 6.07) is 10.4. The van der Waals surface area contributed by atoms with Gasteiger partial charge in [-0.3, -0.25) is 4.79 Å². The van der Waals surface area contributed by atoms with Crippen molar-refractivity contribution >= 4 is 27.5 Å². The third kappa shape index (κ3) is 4.31. The Morgan fingerprint density at radius 3 is 2.73 bits per heavy atom. The third-order valence-corrected chi connectivity index (χ3v) is 3.82. The second kappa shape index (κ2) is 7.40. The van der Waals surface area contributed by atoms with Gasteiger partial charge in [0.1, 0.15) is 0 Å². The fraction of sp³-hybridized carbons (Fsp3) is 0.235. The highest BCUT2D eigenvalue weighted by Crippen LogP contribution is 2.21. The second-order valence-corrected chi connectivity index (χ2v) is 5.89. The predicted octanol–water partition coefficient (Wildman–Crippen LogP) is 4.48. The molecule has 0 bridgehead atoms. The molecule has 0 aromatic heterocycles. The van der Waals surface area contributed by atoms with Crippen molar-refractivity contribution in [1.29, 1.82) is 0 Å². The molecule has 0 aliphatic carbocycles. The molecule has 0 heterocycles. The lowest BCUT2D eigenvalue weighted by Gasteiger charge is -2.09. The molecular formula is C17H17BrFNO2. The molecule has 1 amide bonds. The number of ether oxygens (including phenoxy) is 1. The van der Waals surface area contributed by atoms with Crippen LogP contribution >= 0.6 is 15.9 Å². The molecule has 0 saturated heterocycles. The number of carbonyl (C=O) groups excluding carboxylic acids is 1. The van der Waals surface area contributed by atoms with Crippen molar-refractivity contribution in [3.05, 3.63) is 57.8 Å². The molecule has 2 aromatic rings. The van der Waals surface area contributed by atoms with E-state index in [1.54, 1.807) is 12.1 Å². The zero-order valence-corrected chi connectivity index (χ0v) is 14.0. The van der Waals surface area contributed by atoms with Crippen LogP contribution in [0.5, 0.6) is 5.75 Å². The number of anilines is 1. The molecule has 2 rings (SSSR count). The van der Waals surface area contributed by atoms with Crippen molar-refractivity contribution in [2.24, 2.45) is 0 Å². The molecule has 1 N–H and O–H groups in total. The summed E-state index contributed by atoms with van der Waals surface area (Å²) in [5.74, 6) is -0.307. The number of rotatable bonds is 5. The Morgan fingerprint density at radius 2 is 2.05 bits per heavy atom. The molecule has 0 atom stereocenters. The smallest absolute Gasteiger partial charge is 0.224 e. The normalized spacial score (nSPS) is 10.4. The average Bonchev–Trinajstić information content (AvgIpc) is 2.49. The second-order valence-electron chi connectivity index (χ2n) is 4.98. The Balaban J connectivity index is 1.95. The van der Waals surface area contributed by atoms with Gasteiger partial charge in [0.2, 0.25) is 5.91 Å². The zero-order valence-electron chi connectivity index (χ0n) is 12.5. The lowest BCUT2D eigenvalue weighted by molar-refractivity contribution is -0.116. The van der Waals surface area contributed by atoms with Crippen LogP contribution in [0.2, 0.25) is 0 Å². The maximum atomic E-state index is 13.6. The first-order valence-electron chi connectivity index (χ1n) is 6.88. The van der Waals surface area contributed by atoms with Gasteiger partial charge in [0.05, 0.1) is 7.11 Å². The quantitative estimate of drug-likeness (QED) is 0.848. The van der Waals surface area contributed by atoms with E-state index in [1.807, 2.05) is 25.1 Å². The molecule has 0 saturated carbocycles. The van der Waals surface area contributed by atoms with Gasteiger partial charge in [-0.05, 0) is 48.7 Å². The Labute approximate surface area is 137 Å². The standard InChI is InChI=1S/C17H17BrFNO2/c1-11-3-6-13(18)10-15(11)20-17(21)8-5-12-4-7-16(22-2)14(19)9-12/h3-4,6-7,9-10H,5,8H2,1-2H3,(H,20,21). The minimum absolute atomic E-state index is 0.0996. The summed E-state index contributed by atoms with van der Waals surface area (Å²) in [4.78, 5) is 12.0. The third-order valence-electron chi connectivity index (χ3n) is 3.33. The average molecular weight is 366 g/mol. The summed E-state index contributed by atoms with van der Waals surface area (Å²) in [5.41, 5.74) is 2.53. The van der Waals surface area contributed by atoms with Crippen molar-refractivity contribution < 1.29 is 13.9 Å². The van der Waals surface area contributed by atoms with Crippen molar-refractivity contribution in [2.75, 3.05) is 12.4 Å². The van der Waals surface area contributed by atoms with Crippen LogP contribution in [-0.4, -0.2) is 13.0 Å². The largest absolute Gasteiger partial charge is 0.494 e. The van der Waals surface area contributed by atoms with Gasteiger partial charge in [-0.2, -0.15) is 0 Å². The summed E-state index contributed by atoms with van der Waals surface area (Å²) >= 11 is 3.38. The van der Waals surface area contributed by atoms with Crippen LogP contribution in [0.25, 0.3) is 0 Å². The molecule has 3 nitrogen and oxygen atoms in total. The first kappa shape index (κ1) is 16.5. The number of aryl methyl sites for hydroxylation is 2. The van der Waals surface area contributed by atoms with Gasteiger partial charge in [-0.1, -0.05) is 28.1 Å². The highest BCUT2D eigenvalue weighted by Gasteiger charge is 2.08. The van der Waals surface area contributed by atoms with Crippen molar-refractivity contribution in [2.45, 2.75) is 19.8 Å². The number of benzene rings is 2. The molecule has 0 fully saturated rings. The first-order chi connectivity index (χ1) is 10.5. The number of amides is 1. The molecule has 116 valence electrons. The number of carbonyl (C=O) groups is 1. The number of nitrogens with one attached hydrogen (secondary N) is 1. The van der Waals surface area contributed by atoms with Gasteiger partial charge in [0.25, 0.3) is 0 Å². The fourth-order valence-corrected chi connectivity index (χ4v) is 2.43. The maximum Gasteiger partial charge on any atom is 0.224 e. The number of hydrogen-bond acceptors (Lipinski definition) is 2. The Bertz CT molecular complexity index is 688. The van der Waals surface area contributed by atoms with E-state index in [0.29, 0.717) is 6.42 Å². The van der Waals surface area contributed by atoms with Crippen LogP contribution in [0, 0.1) is 12.7 Å². The van der Waals surface area contributed by atoms with Crippen LogP contribution in [0.1, 0.15) is 17.5 Å². The predicted molar refractivity (Wildman–Crippen MR) is 88.8 cm³/mol. The lowest BCUT2D eigenvalue weighted by atomic mass is 10.1. The molecule has 2 aromatic carbocycles. The van der Waals surface area contributed by atoms with Gasteiger partial charge < -0.3 is 10.1 Å². The topological polar surface area (TPSA) is 38.3 Å². The molecule has 0 spiro atoms. The fourth-order valence-electron chi connectivity index (χ4n) is 2.06. The minimum Gasteiger partial charge on any atom is -0.494 e. The Hall–Kier alpha value is -1.88. The van der Waals surface area contributed by atoms with E-state index in [9.17, 15) is 9.18 Å². The van der Waals surface area contributed by atoms with Gasteiger partial charge in [-0.25, -0.2) is 4.39 Å².